The molecule has 0 spiro atoms. The number of anilines is 3. The van der Waals surface area contributed by atoms with Gasteiger partial charge in [0.25, 0.3) is 0 Å². The van der Waals surface area contributed by atoms with Crippen LogP contribution in [-0.2, 0) is 44.6 Å². The van der Waals surface area contributed by atoms with Gasteiger partial charge in [-0.15, -0.1) is 0 Å². The van der Waals surface area contributed by atoms with Crippen molar-refractivity contribution in [3.05, 3.63) is 123 Å². The Morgan fingerprint density at radius 1 is 0.557 bits per heavy atom. The number of halogens is 1. The van der Waals surface area contributed by atoms with E-state index in [9.17, 15) is 19.1 Å². The number of hydrogen-bond acceptors (Lipinski definition) is 11. The average Bonchev–Trinajstić information content (AvgIpc) is 0.757. The molecule has 1 aromatic carbocycles. The summed E-state index contributed by atoms with van der Waals surface area (Å²) in [5.41, 5.74) is 25.4. The Balaban J connectivity index is 0.000000171. The van der Waals surface area contributed by atoms with Crippen LogP contribution < -0.4 is 21.7 Å². The molecule has 8 fully saturated rings. The van der Waals surface area contributed by atoms with Crippen molar-refractivity contribution in [3.8, 4) is 0 Å². The van der Waals surface area contributed by atoms with Crippen LogP contribution in [0.2, 0.25) is 0 Å². The zero-order valence-corrected chi connectivity index (χ0v) is 65.8. The van der Waals surface area contributed by atoms with Crippen LogP contribution in [0.1, 0.15) is 292 Å². The van der Waals surface area contributed by atoms with Crippen LogP contribution in [0.25, 0.3) is 11.1 Å². The lowest BCUT2D eigenvalue weighted by atomic mass is 9.33. The lowest BCUT2D eigenvalue weighted by Crippen LogP contribution is -2.65. The van der Waals surface area contributed by atoms with Crippen molar-refractivity contribution in [2.24, 2.45) is 89.7 Å². The highest BCUT2D eigenvalue weighted by molar-refractivity contribution is 5.83. The fraction of sp³-hybridized carbons (Fsp3) is 0.692. The van der Waals surface area contributed by atoms with Crippen molar-refractivity contribution in [1.29, 1.82) is 0 Å². The Hall–Kier alpha value is -6.35. The summed E-state index contributed by atoms with van der Waals surface area (Å²) in [7, 11) is 0. The summed E-state index contributed by atoms with van der Waals surface area (Å²) >= 11 is 0. The molecule has 10 aliphatic carbocycles. The minimum atomic E-state index is -0.686. The molecule has 15 heteroatoms. The molecule has 2 saturated heterocycles. The lowest BCUT2D eigenvalue weighted by Gasteiger charge is -2.71. The van der Waals surface area contributed by atoms with Gasteiger partial charge in [-0.1, -0.05) is 160 Å². The van der Waals surface area contributed by atoms with Crippen molar-refractivity contribution in [3.63, 3.8) is 0 Å². The van der Waals surface area contributed by atoms with Gasteiger partial charge in [-0.25, -0.2) is 9.97 Å². The van der Waals surface area contributed by atoms with E-state index in [0.717, 1.165) is 139 Å². The molecule has 2 aliphatic heterocycles. The third-order valence-corrected chi connectivity index (χ3v) is 33.0. The summed E-state index contributed by atoms with van der Waals surface area (Å²) in [5.74, 6) is 3.07. The van der Waals surface area contributed by atoms with E-state index >= 15 is 0 Å². The first-order chi connectivity index (χ1) is 49.1. The topological polar surface area (TPSA) is 214 Å². The Morgan fingerprint density at radius 3 is 1.47 bits per heavy atom. The second kappa shape index (κ2) is 27.3. The first kappa shape index (κ1) is 77.8. The molecule has 14 atom stereocenters. The predicted molar refractivity (Wildman–Crippen MR) is 428 cm³/mol. The van der Waals surface area contributed by atoms with Gasteiger partial charge in [-0.05, 0) is 292 Å². The fourth-order valence-electron chi connectivity index (χ4n) is 27.0. The van der Waals surface area contributed by atoms with Crippen LogP contribution in [0, 0.1) is 95.6 Å². The second-order valence-electron chi connectivity index (χ2n) is 39.9. The summed E-state index contributed by atoms with van der Waals surface area (Å²) in [6.45, 7) is 39.4. The highest BCUT2D eigenvalue weighted by Crippen LogP contribution is 2.80. The van der Waals surface area contributed by atoms with E-state index in [1.165, 1.54) is 114 Å². The van der Waals surface area contributed by atoms with Crippen molar-refractivity contribution in [1.82, 2.24) is 35.7 Å². The number of benzene rings is 1. The first-order valence-electron chi connectivity index (χ1n) is 40.8. The average molecular weight is 1450 g/mol. The molecule has 8 N–H and O–H groups in total. The van der Waals surface area contributed by atoms with Gasteiger partial charge in [0.2, 0.25) is 5.95 Å². The number of nitrogens with two attached hydrogens (primary N) is 2. The number of aromatic amines is 2. The molecule has 14 nitrogen and oxygen atoms in total. The fourth-order valence-corrected chi connectivity index (χ4v) is 27.0. The number of pyridine rings is 2. The summed E-state index contributed by atoms with van der Waals surface area (Å²) < 4.78 is 20.8. The first-order valence-corrected chi connectivity index (χ1v) is 40.8. The number of carboxylic acids is 1. The zero-order chi connectivity index (χ0) is 73.8. The molecule has 0 bridgehead atoms. The number of nitrogen functional groups attached to an aromatic ring is 2. The molecule has 0 amide bonds. The van der Waals surface area contributed by atoms with Crippen LogP contribution in [0.5, 0.6) is 0 Å². The summed E-state index contributed by atoms with van der Waals surface area (Å²) in [6, 6.07) is 18.1. The van der Waals surface area contributed by atoms with Crippen molar-refractivity contribution in [2.45, 2.75) is 283 Å². The number of carboxylic acid groups (broad SMARTS) is 1. The highest BCUT2D eigenvalue weighted by Gasteiger charge is 2.73. The van der Waals surface area contributed by atoms with Gasteiger partial charge in [0.15, 0.2) is 0 Å². The van der Waals surface area contributed by atoms with E-state index < -0.39 is 22.7 Å². The van der Waals surface area contributed by atoms with Crippen LogP contribution in [-0.4, -0.2) is 73.6 Å². The summed E-state index contributed by atoms with van der Waals surface area (Å²) in [4.78, 5) is 40.0. The lowest BCUT2D eigenvalue weighted by molar-refractivity contribution is -0.181. The van der Waals surface area contributed by atoms with E-state index in [2.05, 4.69) is 151 Å². The molecule has 12 aliphatic rings. The quantitative estimate of drug-likeness (QED) is 0.0663. The van der Waals surface area contributed by atoms with Crippen LogP contribution in [0.15, 0.2) is 78.1 Å². The molecular weight excluding hydrogens is 1320 g/mol. The maximum absolute atomic E-state index is 14.7. The molecule has 5 unspecified atom stereocenters. The number of carbonyl (C=O) groups is 2. The predicted octanol–water partition coefficient (Wildman–Crippen LogP) is 20.4. The molecular formula is C91H133FN10O4. The third-order valence-electron chi connectivity index (χ3n) is 33.0. The minimum absolute atomic E-state index is 0. The van der Waals surface area contributed by atoms with Gasteiger partial charge >= 0.3 is 11.9 Å². The zero-order valence-electron chi connectivity index (χ0n) is 65.8. The number of piperidine rings is 2. The third kappa shape index (κ3) is 11.9. The number of esters is 1. The SMILES string of the molecule is C.C.C1CCNCC1.CC1(C)CC[C@]2(C(=O)O)CC[C@]3(C)C(=C(c4ccc(N5CCCCC5)nc4)CC4[C@@]5(C)Cc6c(N)n[nH]c6C(C)(C)C5CC[C@]43C)C2C1.CC1(C)CC[C@]2(C(=O)OCc3ccccc3)CC[C@]3(C)C(=C(c4ccc(F)nc4)CC4[C@@]5(C)Cc6c(N)n[nH]c6C(C)(C)C5CC[C@]43C)[C@@H]2C1. The van der Waals surface area contributed by atoms with Crippen molar-refractivity contribution in [2.75, 3.05) is 42.5 Å². The largest absolute Gasteiger partial charge is 0.481 e. The van der Waals surface area contributed by atoms with Crippen LogP contribution in [0.4, 0.5) is 21.8 Å². The number of H-pyrrole nitrogens is 2. The molecule has 5 aromatic rings. The number of rotatable bonds is 7. The van der Waals surface area contributed by atoms with Crippen molar-refractivity contribution < 1.29 is 23.8 Å². The number of ether oxygens (including phenoxy) is 1. The Kier molecular flexibility index (Phi) is 20.0. The standard InChI is InChI=1S/C43H55FN4O2.C41H59N5O2.C5H11N.2CH4/c1-38(2)17-19-43(37(49)50-25-26-11-9-8-10-12-26)20-18-42(7)34(30(43)23-38)28(27-13-14-33(44)46-24-27)21-32-40(5)22-29-35(47-48-36(29)45)39(3,4)31(40)15-16-41(32,42)6;1-36(2)15-17-41(35(47)48)18-16-40(7)32(28(41)23-36)26(25-11-12-31(43-24-25)46-19-9-8-10-20-46)21-30-38(5)22-27-33(44-45-34(27)42)37(3,4)29(38)13-14-39(30,40)6;1-2-4-6-5-3-1;;/h8-14,24,30-32H,15-23,25H2,1-7H3,(H3,45,47,48);11-12,24,28-30H,8-10,13-23H2,1-7H3,(H,47,48)(H3,42,44,45);6H,1-5H2;2*1H4/t30-,31?,32?,40-,41+,42+,43-;28?,29?,30?,38-,39+,40+,41-;;;/m00.../s1. The molecule has 6 heterocycles. The Morgan fingerprint density at radius 2 is 1.02 bits per heavy atom. The maximum atomic E-state index is 14.7. The van der Waals surface area contributed by atoms with Gasteiger partial charge in [-0.2, -0.15) is 14.6 Å². The van der Waals surface area contributed by atoms with Gasteiger partial charge < -0.3 is 31.5 Å². The molecule has 17 rings (SSSR count). The number of fused-ring (bicyclic) bond motifs is 16. The normalized spacial score (nSPS) is 36.7. The van der Waals surface area contributed by atoms with E-state index in [0.29, 0.717) is 35.3 Å². The summed E-state index contributed by atoms with van der Waals surface area (Å²) in [5, 5.41) is 30.2. The number of aromatic nitrogens is 6. The van der Waals surface area contributed by atoms with E-state index in [-0.39, 0.29) is 93.4 Å². The molecule has 578 valence electrons. The number of aliphatic carboxylic acids is 1. The Bertz CT molecular complexity index is 4150. The van der Waals surface area contributed by atoms with Crippen molar-refractivity contribution >= 4 is 40.5 Å². The minimum Gasteiger partial charge on any atom is -0.481 e. The van der Waals surface area contributed by atoms with Gasteiger partial charge in [0.1, 0.15) is 24.1 Å². The maximum Gasteiger partial charge on any atom is 0.313 e. The molecule has 0 radical (unpaired) electrons. The smallest absolute Gasteiger partial charge is 0.313 e. The molecule has 6 saturated carbocycles. The second-order valence-corrected chi connectivity index (χ2v) is 39.9. The number of hydrogen-bond donors (Lipinski definition) is 6. The van der Waals surface area contributed by atoms with Gasteiger partial charge in [-0.3, -0.25) is 19.8 Å². The number of nitrogens with zero attached hydrogens (tertiary/aromatic N) is 5. The highest BCUT2D eigenvalue weighted by atomic mass is 19.1. The number of carbonyl (C=O) groups excluding carboxylic acids is 1. The van der Waals surface area contributed by atoms with Crippen LogP contribution in [0.3, 0.4) is 0 Å². The summed E-state index contributed by atoms with van der Waals surface area (Å²) in [6.07, 6.45) is 29.0. The number of nitrogens with one attached hydrogen (secondary N) is 3. The van der Waals surface area contributed by atoms with E-state index in [1.54, 1.807) is 6.20 Å². The van der Waals surface area contributed by atoms with Gasteiger partial charge in [0.05, 0.1) is 10.8 Å². The van der Waals surface area contributed by atoms with Gasteiger partial charge in [0, 0.05) is 58.8 Å². The van der Waals surface area contributed by atoms with Crippen LogP contribution >= 0.6 is 0 Å². The number of allylic oxidation sites excluding steroid dienone is 4. The molecule has 106 heavy (non-hydrogen) atoms. The molecule has 4 aromatic heterocycles. The van der Waals surface area contributed by atoms with E-state index in [4.69, 9.17) is 21.2 Å². The van der Waals surface area contributed by atoms with E-state index in [1.807, 2.05) is 36.4 Å². The monoisotopic (exact) mass is 1450 g/mol. The Labute approximate surface area is 635 Å².